The van der Waals surface area contributed by atoms with E-state index in [0.29, 0.717) is 6.54 Å². The van der Waals surface area contributed by atoms with E-state index in [-0.39, 0.29) is 17.3 Å². The Morgan fingerprint density at radius 2 is 1.74 bits per heavy atom. The summed E-state index contributed by atoms with van der Waals surface area (Å²) in [5.74, 6) is -0.285. The highest BCUT2D eigenvalue weighted by Gasteiger charge is 2.21. The van der Waals surface area contributed by atoms with Gasteiger partial charge in [-0.25, -0.2) is 0 Å². The molecule has 3 rings (SSSR count). The van der Waals surface area contributed by atoms with E-state index in [1.807, 2.05) is 30.1 Å². The molecule has 0 spiro atoms. The van der Waals surface area contributed by atoms with E-state index in [1.165, 1.54) is 17.5 Å². The molecule has 0 saturated carbocycles. The number of likely N-dealkylation sites (N-methyl/N-ethyl adjacent to an activating group) is 1. The van der Waals surface area contributed by atoms with Gasteiger partial charge in [0, 0.05) is 12.6 Å². The number of anilines is 1. The number of hydrogen-bond donors (Lipinski definition) is 1. The van der Waals surface area contributed by atoms with Crippen LogP contribution in [0.5, 0.6) is 0 Å². The van der Waals surface area contributed by atoms with Gasteiger partial charge in [-0.15, -0.1) is 0 Å². The van der Waals surface area contributed by atoms with Crippen molar-refractivity contribution in [3.63, 3.8) is 0 Å². The summed E-state index contributed by atoms with van der Waals surface area (Å²) in [6, 6.07) is 20.0. The molecule has 0 aliphatic rings. The maximum Gasteiger partial charge on any atom is 0.292 e. The monoisotopic (exact) mass is 363 g/mol. The van der Waals surface area contributed by atoms with Crippen molar-refractivity contribution in [3.05, 3.63) is 82.4 Å². The Bertz CT molecular complexity index is 987. The van der Waals surface area contributed by atoms with Gasteiger partial charge in [-0.3, -0.25) is 19.8 Å². The Balaban J connectivity index is 1.69. The minimum atomic E-state index is -0.501. The van der Waals surface area contributed by atoms with Gasteiger partial charge in [0.25, 0.3) is 5.69 Å². The Labute approximate surface area is 157 Å². The topological polar surface area (TPSA) is 75.5 Å². The van der Waals surface area contributed by atoms with E-state index in [0.717, 1.165) is 10.9 Å². The summed E-state index contributed by atoms with van der Waals surface area (Å²) < 4.78 is 0. The number of hydrogen-bond acceptors (Lipinski definition) is 4. The van der Waals surface area contributed by atoms with Crippen molar-refractivity contribution in [2.24, 2.45) is 0 Å². The first-order chi connectivity index (χ1) is 13.0. The molecule has 138 valence electrons. The van der Waals surface area contributed by atoms with Crippen LogP contribution in [0.25, 0.3) is 10.8 Å². The summed E-state index contributed by atoms with van der Waals surface area (Å²) in [4.78, 5) is 25.1. The van der Waals surface area contributed by atoms with Crippen molar-refractivity contribution in [1.82, 2.24) is 4.90 Å². The zero-order valence-corrected chi connectivity index (χ0v) is 15.3. The molecule has 1 atom stereocenters. The first-order valence-electron chi connectivity index (χ1n) is 8.68. The average Bonchev–Trinajstić information content (AvgIpc) is 2.67. The van der Waals surface area contributed by atoms with Crippen LogP contribution < -0.4 is 5.32 Å². The van der Waals surface area contributed by atoms with Crippen LogP contribution in [0.15, 0.2) is 66.7 Å². The maximum atomic E-state index is 12.6. The lowest BCUT2D eigenvalue weighted by Gasteiger charge is -2.24. The number of fused-ring (bicyclic) bond motifs is 1. The number of nitro groups is 1. The van der Waals surface area contributed by atoms with Crippen molar-refractivity contribution in [2.45, 2.75) is 19.5 Å². The molecule has 0 heterocycles. The number of benzene rings is 3. The Morgan fingerprint density at radius 3 is 2.48 bits per heavy atom. The fraction of sp³-hybridized carbons (Fsp3) is 0.190. The Kier molecular flexibility index (Phi) is 5.47. The smallest absolute Gasteiger partial charge is 0.292 e. The zero-order valence-electron chi connectivity index (χ0n) is 15.3. The maximum absolute atomic E-state index is 12.6. The highest BCUT2D eigenvalue weighted by atomic mass is 16.6. The highest BCUT2D eigenvalue weighted by Crippen LogP contribution is 2.24. The number of rotatable bonds is 6. The second-order valence-corrected chi connectivity index (χ2v) is 6.54. The fourth-order valence-electron chi connectivity index (χ4n) is 2.94. The van der Waals surface area contributed by atoms with Gasteiger partial charge < -0.3 is 5.32 Å². The van der Waals surface area contributed by atoms with Crippen LogP contribution in [0.1, 0.15) is 12.5 Å². The first-order valence-corrected chi connectivity index (χ1v) is 8.68. The van der Waals surface area contributed by atoms with Crippen molar-refractivity contribution in [1.29, 1.82) is 0 Å². The SMILES string of the molecule is C[C@@H](C(=O)Nc1ccccc1[N+](=O)[O-])N(C)Cc1ccc2ccccc2c1. The highest BCUT2D eigenvalue weighted by molar-refractivity contribution is 5.96. The molecule has 0 aromatic heterocycles. The minimum absolute atomic E-state index is 0.116. The molecule has 1 N–H and O–H groups in total. The van der Waals surface area contributed by atoms with Crippen molar-refractivity contribution < 1.29 is 9.72 Å². The average molecular weight is 363 g/mol. The molecular formula is C21H21N3O3. The molecule has 27 heavy (non-hydrogen) atoms. The van der Waals surface area contributed by atoms with Crippen molar-refractivity contribution >= 4 is 28.1 Å². The summed E-state index contributed by atoms with van der Waals surface area (Å²) >= 11 is 0. The van der Waals surface area contributed by atoms with Gasteiger partial charge in [-0.05, 0) is 42.4 Å². The molecule has 3 aromatic rings. The molecule has 3 aromatic carbocycles. The summed E-state index contributed by atoms with van der Waals surface area (Å²) in [5, 5.41) is 16.1. The van der Waals surface area contributed by atoms with E-state index in [4.69, 9.17) is 0 Å². The largest absolute Gasteiger partial charge is 0.319 e. The molecule has 0 saturated heterocycles. The number of para-hydroxylation sites is 2. The molecule has 0 fully saturated rings. The normalized spacial score (nSPS) is 12.1. The molecule has 1 amide bonds. The quantitative estimate of drug-likeness (QED) is 0.526. The lowest BCUT2D eigenvalue weighted by atomic mass is 10.1. The third-order valence-corrected chi connectivity index (χ3v) is 4.65. The Hall–Kier alpha value is -3.25. The van der Waals surface area contributed by atoms with Crippen LogP contribution in [0.3, 0.4) is 0 Å². The van der Waals surface area contributed by atoms with Crippen molar-refractivity contribution in [3.8, 4) is 0 Å². The standard InChI is InChI=1S/C21H21N3O3/c1-15(21(25)22-19-9-5-6-10-20(19)24(26)27)23(2)14-16-11-12-17-7-3-4-8-18(17)13-16/h3-13,15H,14H2,1-2H3,(H,22,25)/t15-/m0/s1. The summed E-state index contributed by atoms with van der Waals surface area (Å²) in [7, 11) is 1.86. The number of carbonyl (C=O) groups excluding carboxylic acids is 1. The number of nitrogens with one attached hydrogen (secondary N) is 1. The molecule has 6 nitrogen and oxygen atoms in total. The van der Waals surface area contributed by atoms with E-state index in [2.05, 4.69) is 29.6 Å². The first kappa shape index (κ1) is 18.5. The molecular weight excluding hydrogens is 342 g/mol. The lowest BCUT2D eigenvalue weighted by molar-refractivity contribution is -0.383. The van der Waals surface area contributed by atoms with Gasteiger partial charge in [-0.2, -0.15) is 0 Å². The van der Waals surface area contributed by atoms with Gasteiger partial charge in [0.15, 0.2) is 0 Å². The van der Waals surface area contributed by atoms with Gasteiger partial charge in [0.1, 0.15) is 5.69 Å². The minimum Gasteiger partial charge on any atom is -0.319 e. The Morgan fingerprint density at radius 1 is 1.07 bits per heavy atom. The van der Waals surface area contributed by atoms with Gasteiger partial charge in [-0.1, -0.05) is 48.5 Å². The zero-order chi connectivity index (χ0) is 19.4. The summed E-state index contributed by atoms with van der Waals surface area (Å²) in [6.07, 6.45) is 0. The molecule has 0 radical (unpaired) electrons. The van der Waals surface area contributed by atoms with Crippen LogP contribution in [-0.2, 0) is 11.3 Å². The number of nitrogens with zero attached hydrogens (tertiary/aromatic N) is 2. The molecule has 6 heteroatoms. The number of amides is 1. The predicted octanol–water partition coefficient (Wildman–Crippen LogP) is 4.21. The molecule has 0 bridgehead atoms. The van der Waals surface area contributed by atoms with E-state index in [9.17, 15) is 14.9 Å². The van der Waals surface area contributed by atoms with Crippen LogP contribution >= 0.6 is 0 Å². The molecule has 0 unspecified atom stereocenters. The second-order valence-electron chi connectivity index (χ2n) is 6.54. The third-order valence-electron chi connectivity index (χ3n) is 4.65. The summed E-state index contributed by atoms with van der Waals surface area (Å²) in [5.41, 5.74) is 1.19. The van der Waals surface area contributed by atoms with Gasteiger partial charge in [0.2, 0.25) is 5.91 Å². The van der Waals surface area contributed by atoms with Gasteiger partial charge >= 0.3 is 0 Å². The lowest BCUT2D eigenvalue weighted by Crippen LogP contribution is -2.39. The number of nitro benzene ring substituents is 1. The van der Waals surface area contributed by atoms with E-state index in [1.54, 1.807) is 19.1 Å². The molecule has 0 aliphatic carbocycles. The van der Waals surface area contributed by atoms with Crippen LogP contribution in [0.2, 0.25) is 0 Å². The predicted molar refractivity (Wildman–Crippen MR) is 107 cm³/mol. The van der Waals surface area contributed by atoms with Gasteiger partial charge in [0.05, 0.1) is 11.0 Å². The molecule has 0 aliphatic heterocycles. The van der Waals surface area contributed by atoms with E-state index >= 15 is 0 Å². The van der Waals surface area contributed by atoms with Crippen LogP contribution in [0.4, 0.5) is 11.4 Å². The van der Waals surface area contributed by atoms with Crippen LogP contribution in [0, 0.1) is 10.1 Å². The third kappa shape index (κ3) is 4.30. The second kappa shape index (κ2) is 7.97. The van der Waals surface area contributed by atoms with Crippen molar-refractivity contribution in [2.75, 3.05) is 12.4 Å². The van der Waals surface area contributed by atoms with Crippen LogP contribution in [-0.4, -0.2) is 28.8 Å². The fourth-order valence-corrected chi connectivity index (χ4v) is 2.94. The van der Waals surface area contributed by atoms with E-state index < -0.39 is 11.0 Å². The summed E-state index contributed by atoms with van der Waals surface area (Å²) in [6.45, 7) is 2.38. The number of carbonyl (C=O) groups is 1.